The van der Waals surface area contributed by atoms with Crippen molar-refractivity contribution in [2.45, 2.75) is 65.6 Å². The van der Waals surface area contributed by atoms with E-state index in [2.05, 4.69) is 5.32 Å². The molecule has 8 heteroatoms. The zero-order valence-electron chi connectivity index (χ0n) is 20.8. The fraction of sp³-hybridized carbons (Fsp3) is 0.462. The first-order valence-electron chi connectivity index (χ1n) is 11.8. The average Bonchev–Trinajstić information content (AvgIpc) is 2.82. The molecule has 0 spiro atoms. The number of hydrogen-bond donors (Lipinski definition) is 1. The number of benzene rings is 2. The molecule has 7 nitrogen and oxygen atoms in total. The van der Waals surface area contributed by atoms with Gasteiger partial charge in [-0.05, 0) is 43.4 Å². The maximum absolute atomic E-state index is 13.7. The zero-order chi connectivity index (χ0) is 25.3. The van der Waals surface area contributed by atoms with Gasteiger partial charge in [-0.15, -0.1) is 0 Å². The third-order valence-corrected chi connectivity index (χ3v) is 7.03. The minimum atomic E-state index is -3.74. The van der Waals surface area contributed by atoms with E-state index in [1.807, 2.05) is 70.2 Å². The highest BCUT2D eigenvalue weighted by Gasteiger charge is 2.32. The van der Waals surface area contributed by atoms with Crippen LogP contribution in [-0.4, -0.2) is 50.0 Å². The van der Waals surface area contributed by atoms with Crippen molar-refractivity contribution in [3.8, 4) is 0 Å². The van der Waals surface area contributed by atoms with Crippen LogP contribution in [0.15, 0.2) is 54.6 Å². The first-order chi connectivity index (χ1) is 16.1. The molecule has 0 aliphatic heterocycles. The van der Waals surface area contributed by atoms with E-state index in [1.165, 1.54) is 4.90 Å². The standard InChI is InChI=1S/C26H37N3O4S/c1-6-20(4)27-26(31)23(8-3)28(18-21-14-10-9-11-15-21)25(30)19-29(34(5,32)33)24-17-13-12-16-22(24)7-2/h9-17,20,23H,6-8,18-19H2,1-5H3,(H,27,31)/t20-,23-/m0/s1. The number of anilines is 1. The Bertz CT molecular complexity index is 1060. The Morgan fingerprint density at radius 3 is 2.12 bits per heavy atom. The maximum Gasteiger partial charge on any atom is 0.244 e. The third-order valence-electron chi connectivity index (χ3n) is 5.90. The van der Waals surface area contributed by atoms with Gasteiger partial charge in [-0.2, -0.15) is 0 Å². The average molecular weight is 488 g/mol. The van der Waals surface area contributed by atoms with E-state index in [0.717, 1.165) is 28.1 Å². The Kier molecular flexibility index (Phi) is 10.1. The Balaban J connectivity index is 2.45. The van der Waals surface area contributed by atoms with Crippen molar-refractivity contribution in [3.63, 3.8) is 0 Å². The lowest BCUT2D eigenvalue weighted by Crippen LogP contribution is -2.53. The molecule has 0 aliphatic rings. The second-order valence-corrected chi connectivity index (χ2v) is 10.4. The van der Waals surface area contributed by atoms with Gasteiger partial charge in [-0.1, -0.05) is 69.3 Å². The molecule has 186 valence electrons. The molecule has 0 fully saturated rings. The van der Waals surface area contributed by atoms with Crippen LogP contribution in [0, 0.1) is 0 Å². The normalized spacial score (nSPS) is 13.1. The molecule has 34 heavy (non-hydrogen) atoms. The number of hydrogen-bond acceptors (Lipinski definition) is 4. The molecule has 2 aromatic rings. The Morgan fingerprint density at radius 2 is 1.56 bits per heavy atom. The third kappa shape index (κ3) is 7.32. The van der Waals surface area contributed by atoms with E-state index in [4.69, 9.17) is 0 Å². The Hall–Kier alpha value is -2.87. The number of sulfonamides is 1. The molecular weight excluding hydrogens is 450 g/mol. The van der Waals surface area contributed by atoms with Crippen LogP contribution >= 0.6 is 0 Å². The quantitative estimate of drug-likeness (QED) is 0.494. The van der Waals surface area contributed by atoms with Gasteiger partial charge in [-0.3, -0.25) is 13.9 Å². The Morgan fingerprint density at radius 1 is 0.941 bits per heavy atom. The highest BCUT2D eigenvalue weighted by molar-refractivity contribution is 7.92. The highest BCUT2D eigenvalue weighted by atomic mass is 32.2. The van der Waals surface area contributed by atoms with Crippen LogP contribution < -0.4 is 9.62 Å². The Labute approximate surface area is 204 Å². The number of carbonyl (C=O) groups is 2. The molecule has 2 atom stereocenters. The number of para-hydroxylation sites is 1. The smallest absolute Gasteiger partial charge is 0.244 e. The van der Waals surface area contributed by atoms with Gasteiger partial charge in [0.05, 0.1) is 11.9 Å². The molecule has 0 aromatic heterocycles. The topological polar surface area (TPSA) is 86.8 Å². The van der Waals surface area contributed by atoms with Crippen molar-refractivity contribution < 1.29 is 18.0 Å². The van der Waals surface area contributed by atoms with Crippen LogP contribution in [0.5, 0.6) is 0 Å². The fourth-order valence-electron chi connectivity index (χ4n) is 3.79. The first-order valence-corrected chi connectivity index (χ1v) is 13.7. The number of nitrogens with zero attached hydrogens (tertiary/aromatic N) is 2. The lowest BCUT2D eigenvalue weighted by molar-refractivity contribution is -0.140. The number of aryl methyl sites for hydroxylation is 1. The van der Waals surface area contributed by atoms with E-state index >= 15 is 0 Å². The lowest BCUT2D eigenvalue weighted by Gasteiger charge is -2.33. The maximum atomic E-state index is 13.7. The molecule has 0 saturated carbocycles. The van der Waals surface area contributed by atoms with Crippen molar-refractivity contribution in [1.82, 2.24) is 10.2 Å². The zero-order valence-corrected chi connectivity index (χ0v) is 21.6. The van der Waals surface area contributed by atoms with Gasteiger partial charge in [0.2, 0.25) is 21.8 Å². The van der Waals surface area contributed by atoms with Gasteiger partial charge in [0, 0.05) is 12.6 Å². The minimum Gasteiger partial charge on any atom is -0.352 e. The summed E-state index contributed by atoms with van der Waals surface area (Å²) >= 11 is 0. The molecule has 2 rings (SSSR count). The van der Waals surface area contributed by atoms with Crippen molar-refractivity contribution in [2.75, 3.05) is 17.1 Å². The van der Waals surface area contributed by atoms with Crippen LogP contribution in [-0.2, 0) is 32.6 Å². The molecule has 2 amide bonds. The predicted molar refractivity (Wildman–Crippen MR) is 137 cm³/mol. The lowest BCUT2D eigenvalue weighted by atomic mass is 10.1. The van der Waals surface area contributed by atoms with Gasteiger partial charge in [0.25, 0.3) is 0 Å². The van der Waals surface area contributed by atoms with Gasteiger partial charge in [0.15, 0.2) is 0 Å². The van der Waals surface area contributed by atoms with Crippen LogP contribution in [0.3, 0.4) is 0 Å². The van der Waals surface area contributed by atoms with Crippen LogP contribution in [0.2, 0.25) is 0 Å². The molecule has 0 heterocycles. The minimum absolute atomic E-state index is 0.0285. The van der Waals surface area contributed by atoms with Crippen molar-refractivity contribution in [2.24, 2.45) is 0 Å². The van der Waals surface area contributed by atoms with E-state index in [0.29, 0.717) is 18.5 Å². The molecule has 0 bridgehead atoms. The molecule has 0 aliphatic carbocycles. The predicted octanol–water partition coefficient (Wildman–Crippen LogP) is 3.74. The molecular formula is C26H37N3O4S. The summed E-state index contributed by atoms with van der Waals surface area (Å²) in [5.41, 5.74) is 2.18. The number of nitrogens with one attached hydrogen (secondary N) is 1. The summed E-state index contributed by atoms with van der Waals surface area (Å²) < 4.78 is 26.6. The first kappa shape index (κ1) is 27.4. The van der Waals surface area contributed by atoms with Crippen LogP contribution in [0.1, 0.15) is 51.7 Å². The van der Waals surface area contributed by atoms with E-state index < -0.39 is 22.0 Å². The van der Waals surface area contributed by atoms with Crippen molar-refractivity contribution >= 4 is 27.5 Å². The summed E-state index contributed by atoms with van der Waals surface area (Å²) in [6.45, 7) is 7.52. The highest BCUT2D eigenvalue weighted by Crippen LogP contribution is 2.24. The van der Waals surface area contributed by atoms with Gasteiger partial charge in [0.1, 0.15) is 12.6 Å². The van der Waals surface area contributed by atoms with Gasteiger partial charge < -0.3 is 10.2 Å². The molecule has 1 N–H and O–H groups in total. The van der Waals surface area contributed by atoms with Gasteiger partial charge in [-0.25, -0.2) is 8.42 Å². The van der Waals surface area contributed by atoms with Gasteiger partial charge >= 0.3 is 0 Å². The molecule has 0 radical (unpaired) electrons. The summed E-state index contributed by atoms with van der Waals surface area (Å²) in [5, 5.41) is 2.97. The fourth-order valence-corrected chi connectivity index (χ4v) is 4.67. The van der Waals surface area contributed by atoms with Crippen LogP contribution in [0.25, 0.3) is 0 Å². The number of carbonyl (C=O) groups excluding carboxylic acids is 2. The summed E-state index contributed by atoms with van der Waals surface area (Å²) in [6.07, 6.45) is 2.90. The summed E-state index contributed by atoms with van der Waals surface area (Å²) in [6, 6.07) is 15.8. The van der Waals surface area contributed by atoms with E-state index in [-0.39, 0.29) is 25.0 Å². The second-order valence-electron chi connectivity index (χ2n) is 8.50. The number of amides is 2. The van der Waals surface area contributed by atoms with E-state index in [1.54, 1.807) is 12.1 Å². The summed E-state index contributed by atoms with van der Waals surface area (Å²) in [4.78, 5) is 28.3. The van der Waals surface area contributed by atoms with Crippen LogP contribution in [0.4, 0.5) is 5.69 Å². The molecule has 0 saturated heterocycles. The largest absolute Gasteiger partial charge is 0.352 e. The summed E-state index contributed by atoms with van der Waals surface area (Å²) in [7, 11) is -3.74. The van der Waals surface area contributed by atoms with E-state index in [9.17, 15) is 18.0 Å². The summed E-state index contributed by atoms with van der Waals surface area (Å²) in [5.74, 6) is -0.660. The SMILES string of the molecule is CCc1ccccc1N(CC(=O)N(Cc1ccccc1)[C@@H](CC)C(=O)N[C@@H](C)CC)S(C)(=O)=O. The number of rotatable bonds is 12. The molecule has 0 unspecified atom stereocenters. The van der Waals surface area contributed by atoms with Crippen molar-refractivity contribution in [1.29, 1.82) is 0 Å². The van der Waals surface area contributed by atoms with Crippen molar-refractivity contribution in [3.05, 3.63) is 65.7 Å². The monoisotopic (exact) mass is 487 g/mol. The molecule has 2 aromatic carbocycles. The second kappa shape index (κ2) is 12.6.